The Morgan fingerprint density at radius 3 is 2.81 bits per heavy atom. The number of para-hydroxylation sites is 1. The largest absolute Gasteiger partial charge is 0.465 e. The molecule has 2 N–H and O–H groups in total. The molecule has 3 nitrogen and oxygen atoms in total. The van der Waals surface area contributed by atoms with Gasteiger partial charge in [-0.3, -0.25) is 0 Å². The number of rotatable bonds is 3. The Morgan fingerprint density at radius 2 is 2.00 bits per heavy atom. The Kier molecular flexibility index (Phi) is 3.88. The molecule has 0 bridgehead atoms. The van der Waals surface area contributed by atoms with Crippen LogP contribution in [0.2, 0.25) is 0 Å². The second kappa shape index (κ2) is 5.82. The lowest BCUT2D eigenvalue weighted by atomic mass is 10.1. The van der Waals surface area contributed by atoms with Crippen LogP contribution in [0.5, 0.6) is 0 Å². The van der Waals surface area contributed by atoms with Crippen LogP contribution in [0.4, 0.5) is 5.69 Å². The second-order valence-corrected chi connectivity index (χ2v) is 6.21. The third kappa shape index (κ3) is 2.76. The van der Waals surface area contributed by atoms with Crippen LogP contribution in [0.25, 0.3) is 0 Å². The van der Waals surface area contributed by atoms with Crippen LogP contribution < -0.4 is 5.73 Å². The van der Waals surface area contributed by atoms with E-state index < -0.39 is 5.97 Å². The average Bonchev–Trinajstić information content (AvgIpc) is 2.96. The van der Waals surface area contributed by atoms with Gasteiger partial charge in [-0.25, -0.2) is 4.79 Å². The minimum atomic E-state index is -0.399. The van der Waals surface area contributed by atoms with E-state index in [2.05, 4.69) is 18.2 Å². The van der Waals surface area contributed by atoms with Crippen molar-refractivity contribution in [1.82, 2.24) is 0 Å². The van der Waals surface area contributed by atoms with Gasteiger partial charge in [0.05, 0.1) is 18.4 Å². The van der Waals surface area contributed by atoms with Gasteiger partial charge in [0.2, 0.25) is 0 Å². The molecule has 2 aromatic rings. The molecular formula is C17H17NO2S. The number of nitrogen functional groups attached to an aromatic ring is 1. The number of fused-ring (bicyclic) bond motifs is 1. The van der Waals surface area contributed by atoms with Gasteiger partial charge in [0.1, 0.15) is 0 Å². The molecule has 3 rings (SSSR count). The lowest BCUT2D eigenvalue weighted by Gasteiger charge is -2.10. The number of methoxy groups -OCH3 is 1. The Hall–Kier alpha value is -1.94. The molecule has 0 saturated carbocycles. The van der Waals surface area contributed by atoms with Gasteiger partial charge >= 0.3 is 5.97 Å². The van der Waals surface area contributed by atoms with Crippen molar-refractivity contribution in [3.05, 3.63) is 53.1 Å². The van der Waals surface area contributed by atoms with Crippen LogP contribution in [-0.4, -0.2) is 13.1 Å². The third-order valence-electron chi connectivity index (χ3n) is 3.77. The highest BCUT2D eigenvalue weighted by Gasteiger charge is 2.15. The first-order chi connectivity index (χ1) is 10.2. The molecule has 0 aromatic heterocycles. The van der Waals surface area contributed by atoms with Gasteiger partial charge in [-0.1, -0.05) is 23.9 Å². The zero-order valence-corrected chi connectivity index (χ0v) is 12.7. The lowest BCUT2D eigenvalue weighted by molar-refractivity contribution is 0.0601. The van der Waals surface area contributed by atoms with Crippen molar-refractivity contribution in [1.29, 1.82) is 0 Å². The number of hydrogen-bond acceptors (Lipinski definition) is 4. The van der Waals surface area contributed by atoms with Crippen molar-refractivity contribution >= 4 is 23.4 Å². The first-order valence-electron chi connectivity index (χ1n) is 6.95. The summed E-state index contributed by atoms with van der Waals surface area (Å²) in [5.41, 5.74) is 9.89. The molecule has 0 saturated heterocycles. The average molecular weight is 299 g/mol. The maximum atomic E-state index is 11.7. The molecule has 2 aromatic carbocycles. The highest BCUT2D eigenvalue weighted by atomic mass is 32.2. The van der Waals surface area contributed by atoms with Gasteiger partial charge < -0.3 is 10.5 Å². The molecular weight excluding hydrogens is 282 g/mol. The summed E-state index contributed by atoms with van der Waals surface area (Å²) in [5.74, 6) is -0.399. The SMILES string of the molecule is COC(=O)c1cccc(Sc2ccc3c(c2)CCC3)c1N. The fourth-order valence-corrected chi connectivity index (χ4v) is 3.62. The number of esters is 1. The van der Waals surface area contributed by atoms with Gasteiger partial charge in [-0.15, -0.1) is 0 Å². The van der Waals surface area contributed by atoms with E-state index in [-0.39, 0.29) is 0 Å². The van der Waals surface area contributed by atoms with Gasteiger partial charge in [-0.05, 0) is 54.7 Å². The van der Waals surface area contributed by atoms with Crippen LogP contribution in [-0.2, 0) is 17.6 Å². The molecule has 0 amide bonds. The van der Waals surface area contributed by atoms with Crippen LogP contribution in [0.1, 0.15) is 27.9 Å². The zero-order chi connectivity index (χ0) is 14.8. The minimum absolute atomic E-state index is 0.399. The molecule has 108 valence electrons. The summed E-state index contributed by atoms with van der Waals surface area (Å²) < 4.78 is 4.75. The molecule has 0 atom stereocenters. The summed E-state index contributed by atoms with van der Waals surface area (Å²) >= 11 is 1.59. The third-order valence-corrected chi connectivity index (χ3v) is 4.83. The van der Waals surface area contributed by atoms with E-state index in [9.17, 15) is 4.79 Å². The van der Waals surface area contributed by atoms with E-state index in [0.29, 0.717) is 11.3 Å². The van der Waals surface area contributed by atoms with E-state index in [1.807, 2.05) is 12.1 Å². The number of ether oxygens (including phenoxy) is 1. The highest BCUT2D eigenvalue weighted by molar-refractivity contribution is 7.99. The zero-order valence-electron chi connectivity index (χ0n) is 11.9. The van der Waals surface area contributed by atoms with Crippen molar-refractivity contribution in [2.24, 2.45) is 0 Å². The number of anilines is 1. The monoisotopic (exact) mass is 299 g/mol. The number of nitrogens with two attached hydrogens (primary N) is 1. The lowest BCUT2D eigenvalue weighted by Crippen LogP contribution is -2.06. The first kappa shape index (κ1) is 14.0. The van der Waals surface area contributed by atoms with E-state index in [0.717, 1.165) is 16.2 Å². The molecule has 0 heterocycles. The Morgan fingerprint density at radius 1 is 1.19 bits per heavy atom. The van der Waals surface area contributed by atoms with Gasteiger partial charge in [0.25, 0.3) is 0 Å². The first-order valence-corrected chi connectivity index (χ1v) is 7.77. The maximum Gasteiger partial charge on any atom is 0.339 e. The summed E-state index contributed by atoms with van der Waals surface area (Å²) in [5, 5.41) is 0. The normalized spacial score (nSPS) is 13.0. The molecule has 4 heteroatoms. The molecule has 0 spiro atoms. The molecule has 21 heavy (non-hydrogen) atoms. The van der Waals surface area contributed by atoms with Crippen LogP contribution >= 0.6 is 11.8 Å². The summed E-state index contributed by atoms with van der Waals surface area (Å²) in [6, 6.07) is 12.0. The Balaban J connectivity index is 1.90. The number of aryl methyl sites for hydroxylation is 2. The van der Waals surface area contributed by atoms with E-state index in [4.69, 9.17) is 10.5 Å². The second-order valence-electron chi connectivity index (χ2n) is 5.10. The fourth-order valence-electron chi connectivity index (χ4n) is 2.66. The van der Waals surface area contributed by atoms with Gasteiger partial charge in [0, 0.05) is 9.79 Å². The number of carbonyl (C=O) groups is 1. The Bertz CT molecular complexity index is 697. The summed E-state index contributed by atoms with van der Waals surface area (Å²) in [7, 11) is 1.36. The highest BCUT2D eigenvalue weighted by Crippen LogP contribution is 2.36. The predicted octanol–water partition coefficient (Wildman–Crippen LogP) is 3.70. The number of carbonyl (C=O) groups excluding carboxylic acids is 1. The van der Waals surface area contributed by atoms with Crippen molar-refractivity contribution in [2.45, 2.75) is 29.1 Å². The van der Waals surface area contributed by atoms with Crippen molar-refractivity contribution in [3.8, 4) is 0 Å². The van der Waals surface area contributed by atoms with Crippen molar-refractivity contribution in [3.63, 3.8) is 0 Å². The number of hydrogen-bond donors (Lipinski definition) is 1. The van der Waals surface area contributed by atoms with E-state index >= 15 is 0 Å². The van der Waals surface area contributed by atoms with Crippen molar-refractivity contribution in [2.75, 3.05) is 12.8 Å². The number of benzene rings is 2. The maximum absolute atomic E-state index is 11.7. The summed E-state index contributed by atoms with van der Waals surface area (Å²) in [4.78, 5) is 13.7. The van der Waals surface area contributed by atoms with Crippen LogP contribution in [0, 0.1) is 0 Å². The molecule has 1 aliphatic rings. The Labute approximate surface area is 128 Å². The van der Waals surface area contributed by atoms with E-state index in [1.165, 1.54) is 31.1 Å². The molecule has 0 unspecified atom stereocenters. The quantitative estimate of drug-likeness (QED) is 0.693. The van der Waals surface area contributed by atoms with Crippen molar-refractivity contribution < 1.29 is 9.53 Å². The predicted molar refractivity (Wildman–Crippen MR) is 84.8 cm³/mol. The van der Waals surface area contributed by atoms with E-state index in [1.54, 1.807) is 17.8 Å². The standard InChI is InChI=1S/C17H17NO2S/c1-20-17(19)14-6-3-7-15(16(14)18)21-13-9-8-11-4-2-5-12(11)10-13/h3,6-10H,2,4-5,18H2,1H3. The van der Waals surface area contributed by atoms with Crippen LogP contribution in [0.3, 0.4) is 0 Å². The minimum Gasteiger partial charge on any atom is -0.465 e. The smallest absolute Gasteiger partial charge is 0.339 e. The summed E-state index contributed by atoms with van der Waals surface area (Å²) in [6.45, 7) is 0. The molecule has 1 aliphatic carbocycles. The summed E-state index contributed by atoms with van der Waals surface area (Å²) in [6.07, 6.45) is 3.57. The van der Waals surface area contributed by atoms with Gasteiger partial charge in [-0.2, -0.15) is 0 Å². The van der Waals surface area contributed by atoms with Crippen LogP contribution in [0.15, 0.2) is 46.2 Å². The molecule has 0 fully saturated rings. The fraction of sp³-hybridized carbons (Fsp3) is 0.235. The molecule has 0 radical (unpaired) electrons. The topological polar surface area (TPSA) is 52.3 Å². The van der Waals surface area contributed by atoms with Gasteiger partial charge in [0.15, 0.2) is 0 Å². The molecule has 0 aliphatic heterocycles.